The standard InChI is InChI=1S/C39H52FN7O4S2Si/c1-9-50-37(48)35-33(17-13-21-51-31-19-18-28(25-29(31)40)14-12-20-45(3)4)53-38(41-35)46(5)34-24-27(2)36(44-43-34)42-39-47(26-49-22-23-54(6,7)8)30-15-10-11-16-32(30)52-39/h10-11,15-16,18-19,24-25H,9,12-14,17,20-23,26H2,1-8H3. The number of nitrogens with zero attached hydrogens (tertiary/aromatic N) is 7. The lowest BCUT2D eigenvalue weighted by molar-refractivity contribution is 0.0519. The van der Waals surface area contributed by atoms with E-state index in [4.69, 9.17) is 19.2 Å². The highest BCUT2D eigenvalue weighted by atomic mass is 32.1. The number of halogens is 1. The van der Waals surface area contributed by atoms with E-state index in [0.29, 0.717) is 42.9 Å². The lowest BCUT2D eigenvalue weighted by atomic mass is 10.1. The van der Waals surface area contributed by atoms with Crippen LogP contribution in [0.2, 0.25) is 25.7 Å². The number of benzene rings is 2. The molecule has 0 saturated carbocycles. The molecule has 290 valence electrons. The fourth-order valence-corrected chi connectivity index (χ4v) is 8.37. The van der Waals surface area contributed by atoms with Gasteiger partial charge in [-0.2, -0.15) is 4.99 Å². The predicted octanol–water partition coefficient (Wildman–Crippen LogP) is 8.39. The first kappa shape index (κ1) is 41.1. The molecule has 0 radical (unpaired) electrons. The molecule has 0 aliphatic carbocycles. The number of fused-ring (bicyclic) bond motifs is 1. The number of rotatable bonds is 19. The molecule has 0 spiro atoms. The molecule has 0 aliphatic heterocycles. The van der Waals surface area contributed by atoms with E-state index in [-0.39, 0.29) is 30.5 Å². The van der Waals surface area contributed by atoms with E-state index < -0.39 is 14.0 Å². The molecule has 5 rings (SSSR count). The maximum Gasteiger partial charge on any atom is 0.358 e. The maximum absolute atomic E-state index is 14.8. The zero-order chi connectivity index (χ0) is 38.8. The fraction of sp³-hybridized carbons (Fsp3) is 0.462. The van der Waals surface area contributed by atoms with Crippen LogP contribution in [0.5, 0.6) is 5.75 Å². The van der Waals surface area contributed by atoms with Crippen molar-refractivity contribution in [3.63, 3.8) is 0 Å². The summed E-state index contributed by atoms with van der Waals surface area (Å²) in [6, 6.07) is 16.4. The molecule has 3 heterocycles. The largest absolute Gasteiger partial charge is 0.491 e. The van der Waals surface area contributed by atoms with Crippen LogP contribution >= 0.6 is 22.7 Å². The second-order valence-electron chi connectivity index (χ2n) is 14.6. The van der Waals surface area contributed by atoms with Gasteiger partial charge in [-0.05, 0) is 108 Å². The number of anilines is 2. The smallest absolute Gasteiger partial charge is 0.358 e. The van der Waals surface area contributed by atoms with Gasteiger partial charge >= 0.3 is 5.97 Å². The molecule has 3 aromatic heterocycles. The van der Waals surface area contributed by atoms with Crippen LogP contribution in [0.1, 0.15) is 46.3 Å². The van der Waals surface area contributed by atoms with Gasteiger partial charge < -0.3 is 24.0 Å². The van der Waals surface area contributed by atoms with E-state index in [0.717, 1.165) is 56.5 Å². The van der Waals surface area contributed by atoms with Gasteiger partial charge in [0.15, 0.2) is 38.8 Å². The van der Waals surface area contributed by atoms with Crippen LogP contribution in [-0.2, 0) is 29.0 Å². The van der Waals surface area contributed by atoms with Gasteiger partial charge in [-0.1, -0.05) is 49.2 Å². The lowest BCUT2D eigenvalue weighted by Crippen LogP contribution is -2.23. The summed E-state index contributed by atoms with van der Waals surface area (Å²) in [4.78, 5) is 28.0. The van der Waals surface area contributed by atoms with Crippen LogP contribution in [-0.4, -0.2) is 86.2 Å². The summed E-state index contributed by atoms with van der Waals surface area (Å²) >= 11 is 2.97. The second kappa shape index (κ2) is 19.0. The first-order valence-electron chi connectivity index (χ1n) is 18.3. The highest BCUT2D eigenvalue weighted by molar-refractivity contribution is 7.16. The molecular formula is C39H52FN7O4S2Si. The normalized spacial score (nSPS) is 12.2. The van der Waals surface area contributed by atoms with Crippen molar-refractivity contribution in [3.8, 4) is 5.75 Å². The van der Waals surface area contributed by atoms with Crippen LogP contribution in [0, 0.1) is 12.7 Å². The molecule has 5 aromatic rings. The van der Waals surface area contributed by atoms with Gasteiger partial charge in [-0.3, -0.25) is 4.57 Å². The van der Waals surface area contributed by atoms with Gasteiger partial charge in [0, 0.05) is 26.6 Å². The van der Waals surface area contributed by atoms with Crippen molar-refractivity contribution in [2.75, 3.05) is 52.4 Å². The SMILES string of the molecule is CCOC(=O)c1nc(N(C)c2cc(C)c(N=c3sc4ccccc4n3COCC[Si](C)(C)C)nn2)sc1CCCOc1ccc(CCCN(C)C)cc1F. The summed E-state index contributed by atoms with van der Waals surface area (Å²) in [5.41, 5.74) is 3.11. The number of carbonyl (C=O) groups is 1. The van der Waals surface area contributed by atoms with Crippen LogP contribution < -0.4 is 14.4 Å². The number of hydrogen-bond acceptors (Lipinski definition) is 12. The van der Waals surface area contributed by atoms with Gasteiger partial charge in [0.1, 0.15) is 6.73 Å². The first-order chi connectivity index (χ1) is 25.8. The van der Waals surface area contributed by atoms with Gasteiger partial charge in [-0.25, -0.2) is 14.2 Å². The number of carbonyl (C=O) groups excluding carboxylic acids is 1. The Bertz CT molecular complexity index is 2090. The third-order valence-electron chi connectivity index (χ3n) is 8.61. The van der Waals surface area contributed by atoms with Crippen molar-refractivity contribution in [3.05, 3.63) is 80.8 Å². The Kier molecular flexibility index (Phi) is 14.5. The number of thiazole rings is 2. The van der Waals surface area contributed by atoms with Crippen LogP contribution in [0.4, 0.5) is 21.2 Å². The molecule has 54 heavy (non-hydrogen) atoms. The molecule has 0 saturated heterocycles. The van der Waals surface area contributed by atoms with Crippen LogP contribution in [0.3, 0.4) is 0 Å². The summed E-state index contributed by atoms with van der Waals surface area (Å²) < 4.78 is 35.2. The van der Waals surface area contributed by atoms with E-state index in [1.165, 1.54) is 11.3 Å². The van der Waals surface area contributed by atoms with Crippen LogP contribution in [0.15, 0.2) is 53.5 Å². The van der Waals surface area contributed by atoms with E-state index in [1.54, 1.807) is 35.3 Å². The summed E-state index contributed by atoms with van der Waals surface area (Å²) in [5, 5.41) is 9.59. The Labute approximate surface area is 326 Å². The minimum atomic E-state index is -1.22. The van der Waals surface area contributed by atoms with E-state index in [2.05, 4.69) is 56.4 Å². The molecule has 0 unspecified atom stereocenters. The van der Waals surface area contributed by atoms with Crippen LogP contribution in [0.25, 0.3) is 10.2 Å². The number of aryl methyl sites for hydroxylation is 3. The number of hydrogen-bond donors (Lipinski definition) is 0. The first-order valence-corrected chi connectivity index (χ1v) is 23.7. The summed E-state index contributed by atoms with van der Waals surface area (Å²) in [7, 11) is 4.68. The van der Waals surface area contributed by atoms with Crippen molar-refractivity contribution < 1.29 is 23.4 Å². The van der Waals surface area contributed by atoms with Gasteiger partial charge in [-0.15, -0.1) is 21.5 Å². The topological polar surface area (TPSA) is 107 Å². The third kappa shape index (κ3) is 11.3. The summed E-state index contributed by atoms with van der Waals surface area (Å²) in [6.45, 7) is 13.3. The lowest BCUT2D eigenvalue weighted by Gasteiger charge is -2.16. The Hall–Kier alpha value is -4.02. The average Bonchev–Trinajstić information content (AvgIpc) is 3.71. The Morgan fingerprint density at radius 2 is 1.80 bits per heavy atom. The molecule has 15 heteroatoms. The monoisotopic (exact) mass is 793 g/mol. The van der Waals surface area contributed by atoms with Crippen molar-refractivity contribution in [2.24, 2.45) is 4.99 Å². The summed E-state index contributed by atoms with van der Waals surface area (Å²) in [5.74, 6) is 0.435. The maximum atomic E-state index is 14.8. The van der Waals surface area contributed by atoms with E-state index in [1.807, 2.05) is 52.3 Å². The van der Waals surface area contributed by atoms with Crippen molar-refractivity contribution in [1.82, 2.24) is 24.6 Å². The number of aromatic nitrogens is 4. The molecule has 0 aliphatic rings. The molecule has 0 amide bonds. The molecule has 0 fully saturated rings. The molecule has 2 aromatic carbocycles. The minimum absolute atomic E-state index is 0.221. The zero-order valence-electron chi connectivity index (χ0n) is 32.6. The quantitative estimate of drug-likeness (QED) is 0.0463. The molecule has 0 bridgehead atoms. The zero-order valence-corrected chi connectivity index (χ0v) is 35.3. The van der Waals surface area contributed by atoms with Gasteiger partial charge in [0.05, 0.1) is 23.4 Å². The summed E-state index contributed by atoms with van der Waals surface area (Å²) in [6.07, 6.45) is 2.82. The second-order valence-corrected chi connectivity index (χ2v) is 22.3. The average molecular weight is 794 g/mol. The number of para-hydroxylation sites is 1. The highest BCUT2D eigenvalue weighted by Crippen LogP contribution is 2.32. The van der Waals surface area contributed by atoms with Gasteiger partial charge in [0.2, 0.25) is 0 Å². The third-order valence-corrected chi connectivity index (χ3v) is 12.6. The highest BCUT2D eigenvalue weighted by Gasteiger charge is 2.23. The number of ether oxygens (including phenoxy) is 3. The molecular weight excluding hydrogens is 742 g/mol. The number of esters is 1. The van der Waals surface area contributed by atoms with E-state index >= 15 is 0 Å². The predicted molar refractivity (Wildman–Crippen MR) is 219 cm³/mol. The molecule has 0 atom stereocenters. The van der Waals surface area contributed by atoms with Crippen molar-refractivity contribution >= 4 is 63.7 Å². The Morgan fingerprint density at radius 3 is 2.52 bits per heavy atom. The minimum Gasteiger partial charge on any atom is -0.491 e. The molecule has 0 N–H and O–H groups in total. The van der Waals surface area contributed by atoms with Crippen molar-refractivity contribution in [1.29, 1.82) is 0 Å². The Morgan fingerprint density at radius 1 is 1.00 bits per heavy atom. The van der Waals surface area contributed by atoms with E-state index in [9.17, 15) is 9.18 Å². The fourth-order valence-electron chi connectivity index (χ4n) is 5.53. The Balaban J connectivity index is 1.28. The van der Waals surface area contributed by atoms with Crippen molar-refractivity contribution in [2.45, 2.75) is 71.9 Å². The molecule has 11 nitrogen and oxygen atoms in total. The van der Waals surface area contributed by atoms with Gasteiger partial charge in [0.25, 0.3) is 0 Å².